The molecule has 1 aliphatic rings. The van der Waals surface area contributed by atoms with E-state index < -0.39 is 30.6 Å². The van der Waals surface area contributed by atoms with Gasteiger partial charge in [-0.15, -0.1) is 0 Å². The molecule has 0 spiro atoms. The molecule has 0 aromatic heterocycles. The zero-order valence-electron chi connectivity index (χ0n) is 12.6. The molecule has 0 aliphatic carbocycles. The van der Waals surface area contributed by atoms with E-state index in [-0.39, 0.29) is 12.2 Å². The Hall–Kier alpha value is -1.90. The molecule has 0 radical (unpaired) electrons. The van der Waals surface area contributed by atoms with Gasteiger partial charge in [0.15, 0.2) is 6.04 Å². The third kappa shape index (κ3) is 2.99. The van der Waals surface area contributed by atoms with Gasteiger partial charge in [-0.3, -0.25) is 4.79 Å². The van der Waals surface area contributed by atoms with E-state index in [1.165, 1.54) is 13.8 Å². The fourth-order valence-corrected chi connectivity index (χ4v) is 2.50. The number of hydrogen-bond acceptors (Lipinski definition) is 5. The maximum absolute atomic E-state index is 12.3. The summed E-state index contributed by atoms with van der Waals surface area (Å²) in [5.74, 6) is -1.96. The molecule has 0 fully saturated rings. The van der Waals surface area contributed by atoms with Crippen LogP contribution in [-0.4, -0.2) is 45.9 Å². The van der Waals surface area contributed by atoms with Crippen molar-refractivity contribution >= 4 is 24.5 Å². The highest BCUT2D eigenvalue weighted by molar-refractivity contribution is 6.62. The number of amides is 1. The molecule has 0 saturated carbocycles. The number of hydrogen-bond donors (Lipinski definition) is 4. The Bertz CT molecular complexity index is 624. The molecule has 4 N–H and O–H groups in total. The van der Waals surface area contributed by atoms with Crippen LogP contribution in [0.3, 0.4) is 0 Å². The largest absolute Gasteiger partial charge is 0.492 e. The fraction of sp³-hybridized carbons (Fsp3) is 0.429. The summed E-state index contributed by atoms with van der Waals surface area (Å²) in [6, 6.07) is 1.76. The Morgan fingerprint density at radius 1 is 1.41 bits per heavy atom. The van der Waals surface area contributed by atoms with Crippen LogP contribution < -0.4 is 10.8 Å². The highest BCUT2D eigenvalue weighted by atomic mass is 16.5. The first-order valence-electron chi connectivity index (χ1n) is 6.81. The van der Waals surface area contributed by atoms with Gasteiger partial charge in [0.2, 0.25) is 0 Å². The molecule has 1 aliphatic heterocycles. The van der Waals surface area contributed by atoms with Gasteiger partial charge in [-0.2, -0.15) is 0 Å². The van der Waals surface area contributed by atoms with Crippen molar-refractivity contribution in [3.05, 3.63) is 28.8 Å². The average molecular weight is 307 g/mol. The number of carboxylic acids is 1. The number of fused-ring (bicyclic) bond motifs is 1. The standard InChI is InChI=1S/C14H18BNO6/c1-7-9(5-4-8-6-22-15(21)10(7)8)12(17)16-11(13(18)19)14(2,3)20/h4-5,11,20-21H,6H2,1-3H3,(H,16,17)(H,18,19). The lowest BCUT2D eigenvalue weighted by Crippen LogP contribution is -2.54. The van der Waals surface area contributed by atoms with E-state index in [2.05, 4.69) is 5.32 Å². The van der Waals surface area contributed by atoms with Crippen LogP contribution in [0.2, 0.25) is 0 Å². The number of aliphatic hydroxyl groups is 1. The van der Waals surface area contributed by atoms with Crippen molar-refractivity contribution < 1.29 is 29.5 Å². The van der Waals surface area contributed by atoms with E-state index >= 15 is 0 Å². The smallest absolute Gasteiger partial charge is 0.480 e. The number of nitrogens with one attached hydrogen (secondary N) is 1. The zero-order chi connectivity index (χ0) is 16.7. The van der Waals surface area contributed by atoms with E-state index in [9.17, 15) is 19.7 Å². The molecule has 22 heavy (non-hydrogen) atoms. The highest BCUT2D eigenvalue weighted by Crippen LogP contribution is 2.17. The lowest BCUT2D eigenvalue weighted by Gasteiger charge is -2.26. The molecular formula is C14H18BNO6. The molecule has 8 heteroatoms. The topological polar surface area (TPSA) is 116 Å². The van der Waals surface area contributed by atoms with Gasteiger partial charge < -0.3 is 25.2 Å². The molecule has 1 atom stereocenters. The van der Waals surface area contributed by atoms with Gasteiger partial charge in [-0.1, -0.05) is 6.07 Å². The van der Waals surface area contributed by atoms with Gasteiger partial charge in [0.05, 0.1) is 12.2 Å². The Balaban J connectivity index is 2.31. The van der Waals surface area contributed by atoms with Gasteiger partial charge in [-0.25, -0.2) is 4.79 Å². The summed E-state index contributed by atoms with van der Waals surface area (Å²) < 4.78 is 5.10. The molecule has 0 bridgehead atoms. The van der Waals surface area contributed by atoms with Crippen molar-refractivity contribution in [3.8, 4) is 0 Å². The fourth-order valence-electron chi connectivity index (χ4n) is 2.50. The van der Waals surface area contributed by atoms with E-state index in [4.69, 9.17) is 9.76 Å². The first-order chi connectivity index (χ1) is 10.1. The summed E-state index contributed by atoms with van der Waals surface area (Å²) in [6.07, 6.45) is 0. The zero-order valence-corrected chi connectivity index (χ0v) is 12.6. The molecular weight excluding hydrogens is 289 g/mol. The summed E-state index contributed by atoms with van der Waals surface area (Å²) in [4.78, 5) is 23.5. The van der Waals surface area contributed by atoms with Crippen molar-refractivity contribution in [3.63, 3.8) is 0 Å². The number of aliphatic carboxylic acids is 1. The Morgan fingerprint density at radius 2 is 2.05 bits per heavy atom. The number of carboxylic acid groups (broad SMARTS) is 1. The van der Waals surface area contributed by atoms with Gasteiger partial charge in [0.1, 0.15) is 0 Å². The van der Waals surface area contributed by atoms with Crippen molar-refractivity contribution in [1.29, 1.82) is 0 Å². The minimum absolute atomic E-state index is 0.235. The Kier molecular flexibility index (Phi) is 4.28. The maximum atomic E-state index is 12.3. The molecule has 1 aromatic carbocycles. The Morgan fingerprint density at radius 3 is 2.59 bits per heavy atom. The lowest BCUT2D eigenvalue weighted by atomic mass is 9.75. The van der Waals surface area contributed by atoms with Crippen LogP contribution in [0.5, 0.6) is 0 Å². The summed E-state index contributed by atoms with van der Waals surface area (Å²) in [6.45, 7) is 4.53. The van der Waals surface area contributed by atoms with E-state index in [0.717, 1.165) is 5.56 Å². The predicted octanol–water partition coefficient (Wildman–Crippen LogP) is -0.833. The summed E-state index contributed by atoms with van der Waals surface area (Å²) >= 11 is 0. The van der Waals surface area contributed by atoms with Crippen molar-refractivity contribution in [2.45, 2.75) is 39.0 Å². The van der Waals surface area contributed by atoms with Crippen LogP contribution >= 0.6 is 0 Å². The van der Waals surface area contributed by atoms with Crippen LogP contribution in [-0.2, 0) is 16.1 Å². The van der Waals surface area contributed by atoms with Gasteiger partial charge in [-0.05, 0) is 43.4 Å². The second-order valence-corrected chi connectivity index (χ2v) is 5.87. The molecule has 7 nitrogen and oxygen atoms in total. The summed E-state index contributed by atoms with van der Waals surface area (Å²) in [5, 5.41) is 31.1. The van der Waals surface area contributed by atoms with Gasteiger partial charge in [0, 0.05) is 5.56 Å². The molecule has 1 unspecified atom stereocenters. The van der Waals surface area contributed by atoms with Gasteiger partial charge >= 0.3 is 13.1 Å². The Labute approximate surface area is 128 Å². The predicted molar refractivity (Wildman–Crippen MR) is 78.8 cm³/mol. The quantitative estimate of drug-likeness (QED) is 0.539. The van der Waals surface area contributed by atoms with Crippen LogP contribution in [0.1, 0.15) is 35.3 Å². The second kappa shape index (κ2) is 5.71. The summed E-state index contributed by atoms with van der Waals surface area (Å²) in [5.41, 5.74) is 0.467. The molecule has 2 rings (SSSR count). The monoisotopic (exact) mass is 307 g/mol. The number of carbonyl (C=O) groups is 2. The average Bonchev–Trinajstić information content (AvgIpc) is 2.77. The van der Waals surface area contributed by atoms with Crippen molar-refractivity contribution in [1.82, 2.24) is 5.32 Å². The first kappa shape index (κ1) is 16.5. The minimum Gasteiger partial charge on any atom is -0.480 e. The third-order valence-corrected chi connectivity index (χ3v) is 3.72. The van der Waals surface area contributed by atoms with E-state index in [1.807, 2.05) is 0 Å². The maximum Gasteiger partial charge on any atom is 0.492 e. The molecule has 1 aromatic rings. The normalized spacial score (nSPS) is 15.4. The lowest BCUT2D eigenvalue weighted by molar-refractivity contribution is -0.145. The summed E-state index contributed by atoms with van der Waals surface area (Å²) in [7, 11) is -1.09. The first-order valence-corrected chi connectivity index (χ1v) is 6.81. The molecule has 1 heterocycles. The van der Waals surface area contributed by atoms with E-state index in [0.29, 0.717) is 11.0 Å². The van der Waals surface area contributed by atoms with Crippen LogP contribution in [0.25, 0.3) is 0 Å². The molecule has 1 amide bonds. The molecule has 118 valence electrons. The molecule has 0 saturated heterocycles. The van der Waals surface area contributed by atoms with E-state index in [1.54, 1.807) is 19.1 Å². The highest BCUT2D eigenvalue weighted by Gasteiger charge is 2.36. The van der Waals surface area contributed by atoms with Crippen LogP contribution in [0.15, 0.2) is 12.1 Å². The minimum atomic E-state index is -1.62. The SMILES string of the molecule is Cc1c(C(=O)NC(C(=O)O)C(C)(C)O)ccc2c1B(O)OC2. The van der Waals surface area contributed by atoms with Crippen molar-refractivity contribution in [2.24, 2.45) is 0 Å². The number of carbonyl (C=O) groups excluding carboxylic acids is 1. The third-order valence-electron chi connectivity index (χ3n) is 3.72. The number of benzene rings is 1. The second-order valence-electron chi connectivity index (χ2n) is 5.87. The van der Waals surface area contributed by atoms with Crippen LogP contribution in [0.4, 0.5) is 0 Å². The number of rotatable bonds is 4. The van der Waals surface area contributed by atoms with Gasteiger partial charge in [0.25, 0.3) is 5.91 Å². The van der Waals surface area contributed by atoms with Crippen LogP contribution in [0, 0.1) is 6.92 Å². The van der Waals surface area contributed by atoms with Crippen molar-refractivity contribution in [2.75, 3.05) is 0 Å².